The second kappa shape index (κ2) is 4.64. The number of rotatable bonds is 4. The van der Waals surface area contributed by atoms with Crippen molar-refractivity contribution in [2.24, 2.45) is 17.8 Å². The second-order valence-electron chi connectivity index (χ2n) is 5.31. The number of allylic oxidation sites excluding steroid dienone is 2. The smallest absolute Gasteiger partial charge is 0.295 e. The lowest BCUT2D eigenvalue weighted by atomic mass is 9.93. The number of hydrogen-bond donors (Lipinski definition) is 1. The zero-order chi connectivity index (χ0) is 13.4. The highest BCUT2D eigenvalue weighted by Gasteiger charge is 2.35. The Balaban J connectivity index is 1.73. The lowest BCUT2D eigenvalue weighted by Crippen LogP contribution is -2.19. The molecule has 0 heterocycles. The number of hydrogen-bond acceptors (Lipinski definition) is 3. The van der Waals surface area contributed by atoms with Gasteiger partial charge >= 0.3 is 0 Å². The number of nitro groups is 1. The van der Waals surface area contributed by atoms with Gasteiger partial charge in [-0.05, 0) is 36.7 Å². The van der Waals surface area contributed by atoms with Gasteiger partial charge in [0.05, 0.1) is 4.92 Å². The lowest BCUT2D eigenvalue weighted by Gasteiger charge is -2.19. The quantitative estimate of drug-likeness (QED) is 0.514. The highest BCUT2D eigenvalue weighted by atomic mass is 19.1. The number of nitrogens with zero attached hydrogens (tertiary/aromatic N) is 1. The van der Waals surface area contributed by atoms with Crippen LogP contribution in [0.4, 0.5) is 15.8 Å². The van der Waals surface area contributed by atoms with Crippen LogP contribution in [0.2, 0.25) is 0 Å². The van der Waals surface area contributed by atoms with Crippen molar-refractivity contribution >= 4 is 11.4 Å². The van der Waals surface area contributed by atoms with E-state index < -0.39 is 10.7 Å². The fourth-order valence-corrected chi connectivity index (χ4v) is 3.20. The first kappa shape index (κ1) is 12.1. The average Bonchev–Trinajstić information content (AvgIpc) is 2.99. The van der Waals surface area contributed by atoms with Crippen LogP contribution in [0.15, 0.2) is 30.4 Å². The molecule has 1 saturated carbocycles. The largest absolute Gasteiger partial charge is 0.377 e. The number of benzene rings is 1. The molecule has 2 bridgehead atoms. The molecule has 1 aromatic rings. The highest BCUT2D eigenvalue weighted by molar-refractivity contribution is 5.62. The topological polar surface area (TPSA) is 55.2 Å². The molecule has 1 N–H and O–H groups in total. The number of halogens is 1. The summed E-state index contributed by atoms with van der Waals surface area (Å²) in [6.45, 7) is 0.591. The van der Waals surface area contributed by atoms with Crippen molar-refractivity contribution < 1.29 is 9.31 Å². The van der Waals surface area contributed by atoms with Gasteiger partial charge in [0.1, 0.15) is 5.69 Å². The van der Waals surface area contributed by atoms with Gasteiger partial charge in [-0.3, -0.25) is 10.1 Å². The van der Waals surface area contributed by atoms with Gasteiger partial charge in [0.15, 0.2) is 5.82 Å². The number of fused-ring (bicyclic) bond motifs is 2. The van der Waals surface area contributed by atoms with E-state index in [1.165, 1.54) is 24.6 Å². The summed E-state index contributed by atoms with van der Waals surface area (Å²) >= 11 is 0. The molecule has 0 aromatic heterocycles. The Kier molecular flexibility index (Phi) is 2.97. The van der Waals surface area contributed by atoms with E-state index in [1.54, 1.807) is 0 Å². The van der Waals surface area contributed by atoms with Gasteiger partial charge in [0.25, 0.3) is 5.69 Å². The van der Waals surface area contributed by atoms with Crippen molar-refractivity contribution in [1.82, 2.24) is 0 Å². The van der Waals surface area contributed by atoms with E-state index >= 15 is 0 Å². The van der Waals surface area contributed by atoms with Crippen LogP contribution >= 0.6 is 0 Å². The van der Waals surface area contributed by atoms with Gasteiger partial charge in [-0.25, -0.2) is 4.39 Å². The van der Waals surface area contributed by atoms with Crippen LogP contribution in [0, 0.1) is 33.7 Å². The second-order valence-corrected chi connectivity index (χ2v) is 5.31. The number of nitrogens with one attached hydrogen (secondary N) is 1. The summed E-state index contributed by atoms with van der Waals surface area (Å²) < 4.78 is 13.7. The molecule has 0 radical (unpaired) electrons. The maximum Gasteiger partial charge on any atom is 0.295 e. The Morgan fingerprint density at radius 3 is 2.84 bits per heavy atom. The van der Waals surface area contributed by atoms with Crippen LogP contribution in [-0.2, 0) is 0 Å². The van der Waals surface area contributed by atoms with Crippen LogP contribution in [0.3, 0.4) is 0 Å². The van der Waals surface area contributed by atoms with Gasteiger partial charge in [0.2, 0.25) is 0 Å². The molecule has 5 heteroatoms. The zero-order valence-corrected chi connectivity index (χ0v) is 10.4. The Morgan fingerprint density at radius 1 is 1.37 bits per heavy atom. The summed E-state index contributed by atoms with van der Waals surface area (Å²) in [5, 5.41) is 13.8. The molecule has 2 aliphatic carbocycles. The molecular weight excluding hydrogens is 247 g/mol. The molecule has 0 amide bonds. The van der Waals surface area contributed by atoms with E-state index in [4.69, 9.17) is 0 Å². The molecule has 1 aromatic carbocycles. The lowest BCUT2D eigenvalue weighted by molar-refractivity contribution is -0.384. The van der Waals surface area contributed by atoms with Crippen molar-refractivity contribution in [3.05, 3.63) is 46.3 Å². The summed E-state index contributed by atoms with van der Waals surface area (Å²) in [5.41, 5.74) is -0.182. The number of anilines is 1. The summed E-state index contributed by atoms with van der Waals surface area (Å²) in [5.74, 6) is 1.08. The van der Waals surface area contributed by atoms with Crippen LogP contribution in [0.25, 0.3) is 0 Å². The molecule has 3 unspecified atom stereocenters. The van der Waals surface area contributed by atoms with E-state index in [2.05, 4.69) is 17.5 Å². The van der Waals surface area contributed by atoms with Crippen molar-refractivity contribution in [2.75, 3.05) is 11.9 Å². The summed E-state index contributed by atoms with van der Waals surface area (Å²) in [6, 6.07) is 3.93. The van der Waals surface area contributed by atoms with Crippen LogP contribution in [-0.4, -0.2) is 11.5 Å². The summed E-state index contributed by atoms with van der Waals surface area (Å²) in [6.07, 6.45) is 6.73. The third-order valence-corrected chi connectivity index (χ3v) is 4.15. The minimum atomic E-state index is -0.562. The fraction of sp³-hybridized carbons (Fsp3) is 0.429. The first-order valence-corrected chi connectivity index (χ1v) is 6.50. The van der Waals surface area contributed by atoms with E-state index in [-0.39, 0.29) is 11.4 Å². The molecule has 0 spiro atoms. The molecule has 3 atom stereocenters. The van der Waals surface area contributed by atoms with Gasteiger partial charge in [0, 0.05) is 12.6 Å². The molecule has 4 nitrogen and oxygen atoms in total. The van der Waals surface area contributed by atoms with Crippen molar-refractivity contribution in [3.8, 4) is 0 Å². The summed E-state index contributed by atoms with van der Waals surface area (Å²) in [7, 11) is 0. The Morgan fingerprint density at radius 2 is 2.21 bits per heavy atom. The Hall–Kier alpha value is -1.91. The molecule has 0 saturated heterocycles. The van der Waals surface area contributed by atoms with Gasteiger partial charge in [-0.15, -0.1) is 0 Å². The van der Waals surface area contributed by atoms with Crippen molar-refractivity contribution in [2.45, 2.75) is 12.8 Å². The molecule has 3 rings (SSSR count). The van der Waals surface area contributed by atoms with Crippen molar-refractivity contribution in [3.63, 3.8) is 0 Å². The molecule has 2 aliphatic rings. The van der Waals surface area contributed by atoms with Gasteiger partial charge in [-0.2, -0.15) is 0 Å². The molecular formula is C14H15FN2O2. The maximum absolute atomic E-state index is 13.7. The number of para-hydroxylation sites is 1. The van der Waals surface area contributed by atoms with E-state index in [0.717, 1.165) is 6.42 Å². The summed E-state index contributed by atoms with van der Waals surface area (Å²) in [4.78, 5) is 10.3. The predicted octanol–water partition coefficient (Wildman–Crippen LogP) is 3.36. The number of nitro benzene ring substituents is 1. The maximum atomic E-state index is 13.7. The molecule has 1 fully saturated rings. The highest BCUT2D eigenvalue weighted by Crippen LogP contribution is 2.43. The Bertz CT molecular complexity index is 544. The SMILES string of the molecule is O=[N+]([O-])c1cccc(F)c1NCC1CC2C=CC1C2. The predicted molar refractivity (Wildman–Crippen MR) is 70.4 cm³/mol. The molecule has 19 heavy (non-hydrogen) atoms. The van der Waals surface area contributed by atoms with Crippen molar-refractivity contribution in [1.29, 1.82) is 0 Å². The van der Waals surface area contributed by atoms with Crippen LogP contribution in [0.1, 0.15) is 12.8 Å². The van der Waals surface area contributed by atoms with Crippen LogP contribution < -0.4 is 5.32 Å². The van der Waals surface area contributed by atoms with Crippen LogP contribution in [0.5, 0.6) is 0 Å². The fourth-order valence-electron chi connectivity index (χ4n) is 3.20. The van der Waals surface area contributed by atoms with E-state index in [0.29, 0.717) is 24.3 Å². The Labute approximate surface area is 110 Å². The minimum Gasteiger partial charge on any atom is -0.377 e. The first-order valence-electron chi connectivity index (χ1n) is 6.50. The third kappa shape index (κ3) is 2.20. The third-order valence-electron chi connectivity index (χ3n) is 4.15. The van der Waals surface area contributed by atoms with Gasteiger partial charge < -0.3 is 5.32 Å². The molecule has 0 aliphatic heterocycles. The van der Waals surface area contributed by atoms with Gasteiger partial charge in [-0.1, -0.05) is 18.2 Å². The monoisotopic (exact) mass is 262 g/mol. The minimum absolute atomic E-state index is 0.0132. The standard InChI is InChI=1S/C14H15FN2O2/c15-12-2-1-3-13(17(18)19)14(12)16-8-11-7-9-4-5-10(11)6-9/h1-5,9-11,16H,6-8H2. The molecule has 100 valence electrons. The van der Waals surface area contributed by atoms with E-state index in [1.807, 2.05) is 0 Å². The zero-order valence-electron chi connectivity index (χ0n) is 10.4. The van der Waals surface area contributed by atoms with E-state index in [9.17, 15) is 14.5 Å². The first-order chi connectivity index (χ1) is 9.15. The normalized spacial score (nSPS) is 27.7. The average molecular weight is 262 g/mol.